The van der Waals surface area contributed by atoms with E-state index in [0.29, 0.717) is 17.0 Å². The molecule has 1 heterocycles. The molecule has 0 atom stereocenters. The number of ketones is 1. The van der Waals surface area contributed by atoms with Crippen LogP contribution < -0.4 is 10.5 Å². The van der Waals surface area contributed by atoms with Gasteiger partial charge < -0.3 is 10.5 Å². The van der Waals surface area contributed by atoms with Gasteiger partial charge in [-0.3, -0.25) is 9.48 Å². The van der Waals surface area contributed by atoms with Crippen LogP contribution in [0.25, 0.3) is 0 Å². The second kappa shape index (κ2) is 5.56. The average Bonchev–Trinajstić information content (AvgIpc) is 2.86. The highest BCUT2D eigenvalue weighted by Crippen LogP contribution is 2.25. The van der Waals surface area contributed by atoms with Crippen LogP contribution in [0.3, 0.4) is 0 Å². The second-order valence-electron chi connectivity index (χ2n) is 4.23. The number of aromatic nitrogens is 2. The van der Waals surface area contributed by atoms with Gasteiger partial charge in [-0.05, 0) is 24.6 Å². The number of rotatable bonds is 5. The summed E-state index contributed by atoms with van der Waals surface area (Å²) in [5, 5.41) is 4.15. The molecule has 0 unspecified atom stereocenters. The van der Waals surface area contributed by atoms with E-state index in [1.807, 2.05) is 13.1 Å². The summed E-state index contributed by atoms with van der Waals surface area (Å²) in [5.74, 6) is 0.488. The standard InChI is InChI=1S/C14H17N3O2/c1-3-17-9-10(8-16-17)7-12(18)11-5-4-6-13(19-2)14(11)15/h4-6,8-9H,3,7,15H2,1-2H3. The SMILES string of the molecule is CCn1cc(CC(=O)c2cccc(OC)c2N)cn1. The number of ether oxygens (including phenoxy) is 1. The molecule has 0 aliphatic rings. The molecule has 0 fully saturated rings. The summed E-state index contributed by atoms with van der Waals surface area (Å²) < 4.78 is 6.90. The topological polar surface area (TPSA) is 70.1 Å². The Hall–Kier alpha value is -2.30. The van der Waals surface area contributed by atoms with Gasteiger partial charge in [0.25, 0.3) is 0 Å². The van der Waals surface area contributed by atoms with Gasteiger partial charge in [-0.1, -0.05) is 6.07 Å². The average molecular weight is 259 g/mol. The zero-order valence-electron chi connectivity index (χ0n) is 11.1. The maximum Gasteiger partial charge on any atom is 0.169 e. The van der Waals surface area contributed by atoms with Crippen LogP contribution >= 0.6 is 0 Å². The fraction of sp³-hybridized carbons (Fsp3) is 0.286. The number of hydrogen-bond acceptors (Lipinski definition) is 4. The van der Waals surface area contributed by atoms with Crippen LogP contribution in [0.2, 0.25) is 0 Å². The number of aryl methyl sites for hydroxylation is 1. The summed E-state index contributed by atoms with van der Waals surface area (Å²) in [6, 6.07) is 5.21. The van der Waals surface area contributed by atoms with Crippen molar-refractivity contribution in [3.63, 3.8) is 0 Å². The van der Waals surface area contributed by atoms with Crippen molar-refractivity contribution < 1.29 is 9.53 Å². The molecule has 19 heavy (non-hydrogen) atoms. The Bertz CT molecular complexity index is 590. The van der Waals surface area contributed by atoms with Crippen LogP contribution in [0.1, 0.15) is 22.8 Å². The molecule has 0 aliphatic carbocycles. The third-order valence-electron chi connectivity index (χ3n) is 2.96. The molecule has 0 radical (unpaired) electrons. The summed E-state index contributed by atoms with van der Waals surface area (Å²) in [6.45, 7) is 2.79. The zero-order valence-corrected chi connectivity index (χ0v) is 11.1. The van der Waals surface area contributed by atoms with Crippen LogP contribution in [0, 0.1) is 0 Å². The first-order valence-electron chi connectivity index (χ1n) is 6.12. The third kappa shape index (κ3) is 2.76. The molecule has 0 spiro atoms. The summed E-state index contributed by atoms with van der Waals surface area (Å²) in [4.78, 5) is 12.2. The van der Waals surface area contributed by atoms with Crippen molar-refractivity contribution in [1.82, 2.24) is 9.78 Å². The van der Waals surface area contributed by atoms with Crippen molar-refractivity contribution in [2.45, 2.75) is 19.9 Å². The van der Waals surface area contributed by atoms with Gasteiger partial charge in [-0.2, -0.15) is 5.10 Å². The molecule has 100 valence electrons. The molecular weight excluding hydrogens is 242 g/mol. The van der Waals surface area contributed by atoms with Crippen molar-refractivity contribution in [3.8, 4) is 5.75 Å². The van der Waals surface area contributed by atoms with E-state index in [1.54, 1.807) is 29.1 Å². The van der Waals surface area contributed by atoms with E-state index in [2.05, 4.69) is 5.10 Å². The summed E-state index contributed by atoms with van der Waals surface area (Å²) in [6.07, 6.45) is 3.86. The van der Waals surface area contributed by atoms with Gasteiger partial charge in [0.05, 0.1) is 19.0 Å². The molecular formula is C14H17N3O2. The number of nitrogens with two attached hydrogens (primary N) is 1. The minimum atomic E-state index is -0.0351. The Kier molecular flexibility index (Phi) is 3.85. The van der Waals surface area contributed by atoms with Crippen LogP contribution in [-0.2, 0) is 13.0 Å². The Labute approximate surface area is 112 Å². The van der Waals surface area contributed by atoms with Crippen molar-refractivity contribution in [3.05, 3.63) is 41.7 Å². The van der Waals surface area contributed by atoms with E-state index in [4.69, 9.17) is 10.5 Å². The van der Waals surface area contributed by atoms with Crippen LogP contribution in [0.4, 0.5) is 5.69 Å². The van der Waals surface area contributed by atoms with Crippen LogP contribution in [0.15, 0.2) is 30.6 Å². The van der Waals surface area contributed by atoms with Crippen LogP contribution in [-0.4, -0.2) is 22.7 Å². The number of para-hydroxylation sites is 1. The molecule has 0 aliphatic heterocycles. The van der Waals surface area contributed by atoms with Gasteiger partial charge in [-0.25, -0.2) is 0 Å². The molecule has 0 saturated heterocycles. The molecule has 2 rings (SSSR count). The molecule has 0 amide bonds. The molecule has 5 heteroatoms. The van der Waals surface area contributed by atoms with Crippen molar-refractivity contribution in [1.29, 1.82) is 0 Å². The second-order valence-corrected chi connectivity index (χ2v) is 4.23. The molecule has 0 bridgehead atoms. The highest BCUT2D eigenvalue weighted by atomic mass is 16.5. The van der Waals surface area contributed by atoms with E-state index in [1.165, 1.54) is 7.11 Å². The number of benzene rings is 1. The van der Waals surface area contributed by atoms with E-state index in [0.717, 1.165) is 12.1 Å². The van der Waals surface area contributed by atoms with Gasteiger partial charge in [-0.15, -0.1) is 0 Å². The number of Topliss-reactive ketones (excluding diaryl/α,β-unsaturated/α-hetero) is 1. The minimum absolute atomic E-state index is 0.0351. The Morgan fingerprint density at radius 2 is 2.26 bits per heavy atom. The Balaban J connectivity index is 2.20. The first kappa shape index (κ1) is 13.1. The highest BCUT2D eigenvalue weighted by Gasteiger charge is 2.14. The maximum atomic E-state index is 12.2. The van der Waals surface area contributed by atoms with Crippen molar-refractivity contribution in [2.24, 2.45) is 0 Å². The van der Waals surface area contributed by atoms with E-state index in [-0.39, 0.29) is 12.2 Å². The van der Waals surface area contributed by atoms with Gasteiger partial charge in [0.1, 0.15) is 5.75 Å². The lowest BCUT2D eigenvalue weighted by atomic mass is 10.0. The monoisotopic (exact) mass is 259 g/mol. The molecule has 1 aromatic carbocycles. The summed E-state index contributed by atoms with van der Waals surface area (Å²) >= 11 is 0. The maximum absolute atomic E-state index is 12.2. The Morgan fingerprint density at radius 3 is 2.89 bits per heavy atom. The highest BCUT2D eigenvalue weighted by molar-refractivity contribution is 6.02. The molecule has 2 N–H and O–H groups in total. The van der Waals surface area contributed by atoms with E-state index < -0.39 is 0 Å². The third-order valence-corrected chi connectivity index (χ3v) is 2.96. The number of anilines is 1. The fourth-order valence-corrected chi connectivity index (χ4v) is 1.92. The van der Waals surface area contributed by atoms with E-state index >= 15 is 0 Å². The van der Waals surface area contributed by atoms with Gasteiger partial charge in [0.2, 0.25) is 0 Å². The lowest BCUT2D eigenvalue weighted by Gasteiger charge is -2.08. The van der Waals surface area contributed by atoms with E-state index in [9.17, 15) is 4.79 Å². The molecule has 5 nitrogen and oxygen atoms in total. The lowest BCUT2D eigenvalue weighted by molar-refractivity contribution is 0.0993. The zero-order chi connectivity index (χ0) is 13.8. The van der Waals surface area contributed by atoms with Gasteiger partial charge in [0.15, 0.2) is 5.78 Å². The predicted octanol–water partition coefficient (Wildman–Crippen LogP) is 1.92. The normalized spacial score (nSPS) is 10.4. The molecule has 1 aromatic heterocycles. The van der Waals surface area contributed by atoms with Crippen LogP contribution in [0.5, 0.6) is 5.75 Å². The first-order chi connectivity index (χ1) is 9.15. The number of hydrogen-bond donors (Lipinski definition) is 1. The number of carbonyl (C=O) groups is 1. The number of nitrogen functional groups attached to an aromatic ring is 1. The smallest absolute Gasteiger partial charge is 0.169 e. The van der Waals surface area contributed by atoms with Crippen molar-refractivity contribution in [2.75, 3.05) is 12.8 Å². The lowest BCUT2D eigenvalue weighted by Crippen LogP contribution is -2.07. The Morgan fingerprint density at radius 1 is 1.47 bits per heavy atom. The number of nitrogens with zero attached hydrogens (tertiary/aromatic N) is 2. The van der Waals surface area contributed by atoms with Crippen molar-refractivity contribution >= 4 is 11.5 Å². The summed E-state index contributed by atoms with van der Waals surface area (Å²) in [7, 11) is 1.53. The fourth-order valence-electron chi connectivity index (χ4n) is 1.92. The number of carbonyl (C=O) groups excluding carboxylic acids is 1. The largest absolute Gasteiger partial charge is 0.495 e. The molecule has 2 aromatic rings. The first-order valence-corrected chi connectivity index (χ1v) is 6.12. The quantitative estimate of drug-likeness (QED) is 0.658. The predicted molar refractivity (Wildman–Crippen MR) is 73.3 cm³/mol. The van der Waals surface area contributed by atoms with Gasteiger partial charge in [0, 0.05) is 24.7 Å². The number of methoxy groups -OCH3 is 1. The molecule has 0 saturated carbocycles. The van der Waals surface area contributed by atoms with Gasteiger partial charge >= 0.3 is 0 Å². The summed E-state index contributed by atoms with van der Waals surface area (Å²) in [5.41, 5.74) is 7.67. The minimum Gasteiger partial charge on any atom is -0.495 e.